The number of rotatable bonds is 4. The molecule has 0 aliphatic rings. The molecule has 0 fully saturated rings. The summed E-state index contributed by atoms with van der Waals surface area (Å²) in [5.41, 5.74) is 6.77. The summed E-state index contributed by atoms with van der Waals surface area (Å²) in [4.78, 5) is 8.58. The first-order valence-corrected chi connectivity index (χ1v) is 7.76. The van der Waals surface area contributed by atoms with Gasteiger partial charge in [-0.05, 0) is 50.9 Å². The molecule has 0 saturated carbocycles. The molecule has 1 aromatic carbocycles. The van der Waals surface area contributed by atoms with Gasteiger partial charge in [-0.1, -0.05) is 12.2 Å². The maximum atomic E-state index is 5.69. The Kier molecular flexibility index (Phi) is 5.13. The van der Waals surface area contributed by atoms with Gasteiger partial charge in [0.25, 0.3) is 0 Å². The number of ether oxygens (including phenoxy) is 2. The summed E-state index contributed by atoms with van der Waals surface area (Å²) in [5.74, 6) is 1.23. The van der Waals surface area contributed by atoms with Crippen LogP contribution in [0.25, 0.3) is 0 Å². The molecule has 0 aliphatic carbocycles. The lowest BCUT2D eigenvalue weighted by atomic mass is 10.3. The molecule has 0 unspecified atom stereocenters. The normalized spacial score (nSPS) is 10.3. The Hall–Kier alpha value is -1.25. The first kappa shape index (κ1) is 16.1. The van der Waals surface area contributed by atoms with E-state index in [0.29, 0.717) is 27.4 Å². The third-order valence-corrected chi connectivity index (χ3v) is 3.94. The van der Waals surface area contributed by atoms with Gasteiger partial charge in [-0.25, -0.2) is 4.98 Å². The van der Waals surface area contributed by atoms with Crippen LogP contribution in [0.5, 0.6) is 17.5 Å². The van der Waals surface area contributed by atoms with Crippen LogP contribution in [0.3, 0.4) is 0 Å². The van der Waals surface area contributed by atoms with Crippen molar-refractivity contribution in [3.05, 3.63) is 38.5 Å². The standard InChI is InChI=1S/C13H11Br2N3O2S/c1-6-3-9(12(16)21)18-13(17-6)20-11-5-7(14)10(19-2)4-8(11)15/h3-5H,1-2H3,(H2,16,21). The highest BCUT2D eigenvalue weighted by Gasteiger charge is 2.12. The summed E-state index contributed by atoms with van der Waals surface area (Å²) in [6.07, 6.45) is 0. The number of halogens is 2. The summed E-state index contributed by atoms with van der Waals surface area (Å²) >= 11 is 11.7. The van der Waals surface area contributed by atoms with Crippen molar-refractivity contribution in [2.45, 2.75) is 6.92 Å². The maximum absolute atomic E-state index is 5.69. The van der Waals surface area contributed by atoms with Crippen molar-refractivity contribution in [1.82, 2.24) is 9.97 Å². The van der Waals surface area contributed by atoms with E-state index in [1.165, 1.54) is 0 Å². The van der Waals surface area contributed by atoms with Gasteiger partial charge in [-0.15, -0.1) is 0 Å². The second kappa shape index (κ2) is 6.67. The molecular weight excluding hydrogens is 422 g/mol. The molecule has 0 atom stereocenters. The van der Waals surface area contributed by atoms with Crippen molar-refractivity contribution in [3.8, 4) is 17.5 Å². The number of aryl methyl sites for hydroxylation is 1. The van der Waals surface area contributed by atoms with Gasteiger partial charge < -0.3 is 15.2 Å². The topological polar surface area (TPSA) is 70.3 Å². The Morgan fingerprint density at radius 1 is 1.14 bits per heavy atom. The number of nitrogens with zero attached hydrogens (tertiary/aromatic N) is 2. The van der Waals surface area contributed by atoms with Gasteiger partial charge in [0.15, 0.2) is 0 Å². The van der Waals surface area contributed by atoms with E-state index in [4.69, 9.17) is 27.4 Å². The van der Waals surface area contributed by atoms with Crippen molar-refractivity contribution >= 4 is 49.1 Å². The zero-order valence-electron chi connectivity index (χ0n) is 11.2. The molecule has 2 rings (SSSR count). The predicted octanol–water partition coefficient (Wildman–Crippen LogP) is 3.75. The number of aromatic nitrogens is 2. The third-order valence-electron chi connectivity index (χ3n) is 2.49. The van der Waals surface area contributed by atoms with Gasteiger partial charge in [-0.2, -0.15) is 4.98 Å². The molecular formula is C13H11Br2N3O2S. The predicted molar refractivity (Wildman–Crippen MR) is 91.1 cm³/mol. The third kappa shape index (κ3) is 3.90. The first-order chi connectivity index (χ1) is 9.90. The lowest BCUT2D eigenvalue weighted by Crippen LogP contribution is -2.13. The summed E-state index contributed by atoms with van der Waals surface area (Å²) < 4.78 is 12.4. The average Bonchev–Trinajstić information content (AvgIpc) is 2.41. The van der Waals surface area contributed by atoms with Gasteiger partial charge in [0.2, 0.25) is 0 Å². The fourth-order valence-electron chi connectivity index (χ4n) is 1.56. The van der Waals surface area contributed by atoms with E-state index in [-0.39, 0.29) is 11.0 Å². The average molecular weight is 433 g/mol. The van der Waals surface area contributed by atoms with Crippen LogP contribution in [0.4, 0.5) is 0 Å². The summed E-state index contributed by atoms with van der Waals surface area (Å²) in [6.45, 7) is 1.81. The number of thiocarbonyl (C=S) groups is 1. The van der Waals surface area contributed by atoms with Crippen molar-refractivity contribution < 1.29 is 9.47 Å². The van der Waals surface area contributed by atoms with Gasteiger partial charge in [0.1, 0.15) is 22.2 Å². The van der Waals surface area contributed by atoms with Crippen LogP contribution in [0.2, 0.25) is 0 Å². The highest BCUT2D eigenvalue weighted by atomic mass is 79.9. The van der Waals surface area contributed by atoms with Crippen molar-refractivity contribution in [3.63, 3.8) is 0 Å². The van der Waals surface area contributed by atoms with Crippen molar-refractivity contribution in [2.75, 3.05) is 7.11 Å². The van der Waals surface area contributed by atoms with Gasteiger partial charge in [-0.3, -0.25) is 0 Å². The molecule has 21 heavy (non-hydrogen) atoms. The van der Waals surface area contributed by atoms with Crippen LogP contribution >= 0.6 is 44.1 Å². The molecule has 1 aromatic heterocycles. The Morgan fingerprint density at radius 2 is 1.76 bits per heavy atom. The minimum atomic E-state index is 0.176. The van der Waals surface area contributed by atoms with Gasteiger partial charge in [0.05, 0.1) is 16.1 Å². The van der Waals surface area contributed by atoms with E-state index in [2.05, 4.69) is 41.8 Å². The largest absolute Gasteiger partial charge is 0.496 e. The van der Waals surface area contributed by atoms with Crippen LogP contribution in [0.1, 0.15) is 11.4 Å². The van der Waals surface area contributed by atoms with Crippen LogP contribution in [0, 0.1) is 6.92 Å². The number of nitrogens with two attached hydrogens (primary N) is 1. The second-order valence-corrected chi connectivity index (χ2v) is 6.21. The molecule has 0 aliphatic heterocycles. The molecule has 8 heteroatoms. The Bertz CT molecular complexity index is 710. The number of hydrogen-bond donors (Lipinski definition) is 1. The molecule has 110 valence electrons. The van der Waals surface area contributed by atoms with Crippen LogP contribution in [0.15, 0.2) is 27.1 Å². The van der Waals surface area contributed by atoms with Gasteiger partial charge in [0, 0.05) is 11.8 Å². The monoisotopic (exact) mass is 431 g/mol. The SMILES string of the molecule is COc1cc(Br)c(Oc2nc(C)cc(C(N)=S)n2)cc1Br. The zero-order chi connectivity index (χ0) is 15.6. The van der Waals surface area contributed by atoms with E-state index >= 15 is 0 Å². The minimum Gasteiger partial charge on any atom is -0.496 e. The van der Waals surface area contributed by atoms with E-state index in [0.717, 1.165) is 4.47 Å². The van der Waals surface area contributed by atoms with Crippen molar-refractivity contribution in [2.24, 2.45) is 5.73 Å². The maximum Gasteiger partial charge on any atom is 0.322 e. The second-order valence-electron chi connectivity index (χ2n) is 4.06. The summed E-state index contributed by atoms with van der Waals surface area (Å²) in [7, 11) is 1.59. The fourth-order valence-corrected chi connectivity index (χ4v) is 2.55. The number of methoxy groups -OCH3 is 1. The highest BCUT2D eigenvalue weighted by molar-refractivity contribution is 9.11. The number of hydrogen-bond acceptors (Lipinski definition) is 5. The highest BCUT2D eigenvalue weighted by Crippen LogP contribution is 2.37. The van der Waals surface area contributed by atoms with Gasteiger partial charge >= 0.3 is 6.01 Å². The molecule has 0 amide bonds. The molecule has 2 N–H and O–H groups in total. The molecule has 5 nitrogen and oxygen atoms in total. The van der Waals surface area contributed by atoms with E-state index < -0.39 is 0 Å². The summed E-state index contributed by atoms with van der Waals surface area (Å²) in [6, 6.07) is 5.42. The quantitative estimate of drug-likeness (QED) is 0.742. The smallest absolute Gasteiger partial charge is 0.322 e. The molecule has 0 radical (unpaired) electrons. The van der Waals surface area contributed by atoms with Crippen LogP contribution in [-0.2, 0) is 0 Å². The Labute approximate surface area is 144 Å². The lowest BCUT2D eigenvalue weighted by Gasteiger charge is -2.10. The minimum absolute atomic E-state index is 0.176. The van der Waals surface area contributed by atoms with Crippen LogP contribution in [-0.4, -0.2) is 22.1 Å². The van der Waals surface area contributed by atoms with Crippen molar-refractivity contribution in [1.29, 1.82) is 0 Å². The first-order valence-electron chi connectivity index (χ1n) is 5.77. The molecule has 1 heterocycles. The number of benzene rings is 1. The Morgan fingerprint density at radius 3 is 2.38 bits per heavy atom. The molecule has 0 spiro atoms. The van der Waals surface area contributed by atoms with Crippen LogP contribution < -0.4 is 15.2 Å². The lowest BCUT2D eigenvalue weighted by molar-refractivity contribution is 0.406. The molecule has 0 bridgehead atoms. The van der Waals surface area contributed by atoms with E-state index in [1.807, 2.05) is 6.92 Å². The molecule has 2 aromatic rings. The fraction of sp³-hybridized carbons (Fsp3) is 0.154. The molecule has 0 saturated heterocycles. The Balaban J connectivity index is 2.38. The van der Waals surface area contributed by atoms with E-state index in [9.17, 15) is 0 Å². The summed E-state index contributed by atoms with van der Waals surface area (Å²) in [5, 5.41) is 0. The zero-order valence-corrected chi connectivity index (χ0v) is 15.2. The van der Waals surface area contributed by atoms with E-state index in [1.54, 1.807) is 25.3 Å².